The van der Waals surface area contributed by atoms with E-state index in [-0.39, 0.29) is 0 Å². The molecule has 0 bridgehead atoms. The van der Waals surface area contributed by atoms with Gasteiger partial charge in [-0.2, -0.15) is 0 Å². The molecule has 0 aromatic heterocycles. The van der Waals surface area contributed by atoms with Crippen molar-refractivity contribution in [1.29, 1.82) is 0 Å². The Hall–Kier alpha value is -1.88. The van der Waals surface area contributed by atoms with Crippen LogP contribution in [0.1, 0.15) is 18.4 Å². The van der Waals surface area contributed by atoms with Crippen molar-refractivity contribution in [2.24, 2.45) is 0 Å². The lowest BCUT2D eigenvalue weighted by Crippen LogP contribution is -2.53. The van der Waals surface area contributed by atoms with E-state index in [0.29, 0.717) is 19.5 Å². The maximum Gasteiger partial charge on any atom is 0.316 e. The molecule has 1 aromatic rings. The van der Waals surface area contributed by atoms with Crippen LogP contribution in [0.3, 0.4) is 0 Å². The Kier molecular flexibility index (Phi) is 3.01. The second-order valence-electron chi connectivity index (χ2n) is 5.75. The molecule has 1 saturated heterocycles. The summed E-state index contributed by atoms with van der Waals surface area (Å²) in [5.41, 5.74) is 1.18. The van der Waals surface area contributed by atoms with Crippen LogP contribution in [0.25, 0.3) is 0 Å². The second kappa shape index (κ2) is 4.59. The van der Waals surface area contributed by atoms with Crippen LogP contribution in [0.15, 0.2) is 24.3 Å². The SMILES string of the molecule is CN1CCN(c2cccc(CC3(O)CC3)c2)C(=O)C1=O. The second-order valence-corrected chi connectivity index (χ2v) is 5.75. The summed E-state index contributed by atoms with van der Waals surface area (Å²) in [7, 11) is 1.64. The minimum absolute atomic E-state index is 0.470. The summed E-state index contributed by atoms with van der Waals surface area (Å²) < 4.78 is 0. The summed E-state index contributed by atoms with van der Waals surface area (Å²) >= 11 is 0. The van der Waals surface area contributed by atoms with Crippen LogP contribution in [-0.2, 0) is 16.0 Å². The van der Waals surface area contributed by atoms with E-state index in [9.17, 15) is 14.7 Å². The Morgan fingerprint density at radius 3 is 2.65 bits per heavy atom. The van der Waals surface area contributed by atoms with Gasteiger partial charge in [0.2, 0.25) is 0 Å². The van der Waals surface area contributed by atoms with Crippen LogP contribution in [0.2, 0.25) is 0 Å². The fourth-order valence-electron chi connectivity index (χ4n) is 2.51. The number of likely N-dealkylation sites (N-methyl/N-ethyl adjacent to an activating group) is 1. The molecule has 1 aromatic carbocycles. The molecule has 1 heterocycles. The largest absolute Gasteiger partial charge is 0.390 e. The van der Waals surface area contributed by atoms with Crippen LogP contribution >= 0.6 is 0 Å². The van der Waals surface area contributed by atoms with Crippen molar-refractivity contribution in [2.75, 3.05) is 25.0 Å². The highest BCUT2D eigenvalue weighted by molar-refractivity contribution is 6.40. The number of piperazine rings is 1. The smallest absolute Gasteiger partial charge is 0.316 e. The highest BCUT2D eigenvalue weighted by Gasteiger charge is 2.40. The Morgan fingerprint density at radius 2 is 1.95 bits per heavy atom. The molecule has 0 spiro atoms. The number of rotatable bonds is 3. The Balaban J connectivity index is 1.81. The molecule has 1 N–H and O–H groups in total. The zero-order valence-corrected chi connectivity index (χ0v) is 11.5. The number of amides is 2. The molecule has 20 heavy (non-hydrogen) atoms. The molecule has 5 heteroatoms. The van der Waals surface area contributed by atoms with Gasteiger partial charge in [-0.25, -0.2) is 0 Å². The summed E-state index contributed by atoms with van der Waals surface area (Å²) in [6, 6.07) is 7.54. The Morgan fingerprint density at radius 1 is 1.20 bits per heavy atom. The van der Waals surface area contributed by atoms with E-state index in [1.165, 1.54) is 9.80 Å². The van der Waals surface area contributed by atoms with Gasteiger partial charge in [-0.15, -0.1) is 0 Å². The first-order valence-corrected chi connectivity index (χ1v) is 6.87. The quantitative estimate of drug-likeness (QED) is 0.819. The third-order valence-corrected chi connectivity index (χ3v) is 4.02. The fraction of sp³-hybridized carbons (Fsp3) is 0.467. The van der Waals surface area contributed by atoms with Crippen LogP contribution in [0.4, 0.5) is 5.69 Å². The Labute approximate surface area is 117 Å². The van der Waals surface area contributed by atoms with E-state index in [2.05, 4.69) is 0 Å². The van der Waals surface area contributed by atoms with Crippen LogP contribution in [0.5, 0.6) is 0 Å². The van der Waals surface area contributed by atoms with Gasteiger partial charge in [0.05, 0.1) is 5.60 Å². The molecule has 0 radical (unpaired) electrons. The van der Waals surface area contributed by atoms with E-state index in [1.807, 2.05) is 24.3 Å². The van der Waals surface area contributed by atoms with E-state index in [1.54, 1.807) is 7.05 Å². The zero-order chi connectivity index (χ0) is 14.3. The third kappa shape index (κ3) is 2.41. The molecular formula is C15H18N2O3. The lowest BCUT2D eigenvalue weighted by molar-refractivity contribution is -0.145. The molecule has 1 aliphatic heterocycles. The van der Waals surface area contributed by atoms with Crippen molar-refractivity contribution in [3.8, 4) is 0 Å². The van der Waals surface area contributed by atoms with Crippen LogP contribution in [-0.4, -0.2) is 47.6 Å². The predicted octanol–water partition coefficient (Wildman–Crippen LogP) is 0.559. The van der Waals surface area contributed by atoms with Gasteiger partial charge in [0.25, 0.3) is 0 Å². The van der Waals surface area contributed by atoms with E-state index in [4.69, 9.17) is 0 Å². The lowest BCUT2D eigenvalue weighted by atomic mass is 10.1. The predicted molar refractivity (Wildman–Crippen MR) is 74.3 cm³/mol. The average molecular weight is 274 g/mol. The highest BCUT2D eigenvalue weighted by atomic mass is 16.3. The molecule has 106 valence electrons. The number of hydrogen-bond donors (Lipinski definition) is 1. The molecule has 2 amide bonds. The van der Waals surface area contributed by atoms with Crippen molar-refractivity contribution >= 4 is 17.5 Å². The number of aliphatic hydroxyl groups is 1. The number of anilines is 1. The molecule has 2 aliphatic rings. The average Bonchev–Trinajstić information content (AvgIpc) is 3.14. The van der Waals surface area contributed by atoms with Gasteiger partial charge in [-0.05, 0) is 30.5 Å². The Bertz CT molecular complexity index is 566. The highest BCUT2D eigenvalue weighted by Crippen LogP contribution is 2.38. The van der Waals surface area contributed by atoms with Gasteiger partial charge in [0.15, 0.2) is 0 Å². The molecule has 0 unspecified atom stereocenters. The third-order valence-electron chi connectivity index (χ3n) is 4.02. The number of carbonyl (C=O) groups excluding carboxylic acids is 2. The summed E-state index contributed by atoms with van der Waals surface area (Å²) in [4.78, 5) is 26.7. The zero-order valence-electron chi connectivity index (χ0n) is 11.5. The van der Waals surface area contributed by atoms with Crippen LogP contribution in [0, 0.1) is 0 Å². The van der Waals surface area contributed by atoms with Gasteiger partial charge < -0.3 is 14.9 Å². The molecule has 1 saturated carbocycles. The monoisotopic (exact) mass is 274 g/mol. The molecule has 3 rings (SSSR count). The van der Waals surface area contributed by atoms with Crippen molar-refractivity contribution in [3.05, 3.63) is 29.8 Å². The number of benzene rings is 1. The minimum atomic E-state index is -0.555. The molecule has 2 fully saturated rings. The summed E-state index contributed by atoms with van der Waals surface area (Å²) in [6.45, 7) is 1.05. The summed E-state index contributed by atoms with van der Waals surface area (Å²) in [5, 5.41) is 9.97. The van der Waals surface area contributed by atoms with Crippen LogP contribution < -0.4 is 4.90 Å². The van der Waals surface area contributed by atoms with Crippen molar-refractivity contribution in [2.45, 2.75) is 24.9 Å². The maximum atomic E-state index is 12.0. The van der Waals surface area contributed by atoms with Gasteiger partial charge in [-0.3, -0.25) is 9.59 Å². The van der Waals surface area contributed by atoms with Crippen molar-refractivity contribution < 1.29 is 14.7 Å². The lowest BCUT2D eigenvalue weighted by Gasteiger charge is -2.31. The van der Waals surface area contributed by atoms with Crippen molar-refractivity contribution in [3.63, 3.8) is 0 Å². The van der Waals surface area contributed by atoms with Gasteiger partial charge >= 0.3 is 11.8 Å². The van der Waals surface area contributed by atoms with E-state index in [0.717, 1.165) is 24.1 Å². The molecule has 0 atom stereocenters. The number of carbonyl (C=O) groups is 2. The fourth-order valence-corrected chi connectivity index (χ4v) is 2.51. The van der Waals surface area contributed by atoms with E-state index < -0.39 is 17.4 Å². The van der Waals surface area contributed by atoms with E-state index >= 15 is 0 Å². The topological polar surface area (TPSA) is 60.9 Å². The molecule has 1 aliphatic carbocycles. The van der Waals surface area contributed by atoms with Gasteiger partial charge in [0, 0.05) is 32.2 Å². The van der Waals surface area contributed by atoms with Gasteiger partial charge in [-0.1, -0.05) is 12.1 Å². The first-order valence-electron chi connectivity index (χ1n) is 6.87. The number of hydrogen-bond acceptors (Lipinski definition) is 3. The normalized spacial score (nSPS) is 21.3. The van der Waals surface area contributed by atoms with Gasteiger partial charge in [0.1, 0.15) is 0 Å². The maximum absolute atomic E-state index is 12.0. The molecular weight excluding hydrogens is 256 g/mol. The first kappa shape index (κ1) is 13.1. The standard InChI is InChI=1S/C15H18N2O3/c1-16-7-8-17(14(19)13(16)18)12-4-2-3-11(9-12)10-15(20)5-6-15/h2-4,9,20H,5-8,10H2,1H3. The summed E-state index contributed by atoms with van der Waals surface area (Å²) in [6.07, 6.45) is 2.28. The molecule has 5 nitrogen and oxygen atoms in total. The van der Waals surface area contributed by atoms with Crippen molar-refractivity contribution in [1.82, 2.24) is 4.90 Å². The number of nitrogens with zero attached hydrogens (tertiary/aromatic N) is 2. The minimum Gasteiger partial charge on any atom is -0.390 e. The first-order chi connectivity index (χ1) is 9.48. The summed E-state index contributed by atoms with van der Waals surface area (Å²) in [5.74, 6) is -0.955.